The van der Waals surface area contributed by atoms with Crippen molar-refractivity contribution in [1.29, 1.82) is 0 Å². The molecule has 0 aromatic carbocycles. The Morgan fingerprint density at radius 1 is 1.15 bits per heavy atom. The summed E-state index contributed by atoms with van der Waals surface area (Å²) in [6, 6.07) is 0. The summed E-state index contributed by atoms with van der Waals surface area (Å²) in [4.78, 5) is 23.8. The lowest BCUT2D eigenvalue weighted by Gasteiger charge is -2.56. The molecule has 4 aliphatic carbocycles. The fourth-order valence-corrected chi connectivity index (χ4v) is 7.12. The number of carbonyl (C=O) groups is 2. The molecule has 1 spiro atoms. The first-order chi connectivity index (χ1) is 12.3. The van der Waals surface area contributed by atoms with E-state index in [0.29, 0.717) is 25.2 Å². The number of carbonyl (C=O) groups excluding carboxylic acids is 2. The normalized spacial score (nSPS) is 49.9. The Balaban J connectivity index is 1.59. The molecule has 5 rings (SSSR count). The van der Waals surface area contributed by atoms with Crippen molar-refractivity contribution in [3.05, 3.63) is 23.3 Å². The van der Waals surface area contributed by atoms with E-state index < -0.39 is 6.10 Å². The summed E-state index contributed by atoms with van der Waals surface area (Å²) in [6.45, 7) is 4.54. The standard InChI is InChI=1S/C22H28O4/c1-20-7-3-14(23)11-13(20)12-17(24)19-15(20)4-8-21(2)16(19)5-9-22(21)10-6-18(25)26-22/h4,11,16-17,19,24H,3,5-10,12H2,1-2H3/t16?,17-,19?,20?,21?,22-/m1/s1. The molecule has 1 aliphatic heterocycles. The van der Waals surface area contributed by atoms with Crippen LogP contribution in [0.25, 0.3) is 0 Å². The number of ketones is 1. The quantitative estimate of drug-likeness (QED) is 0.533. The van der Waals surface area contributed by atoms with Crippen LogP contribution < -0.4 is 0 Å². The highest BCUT2D eigenvalue weighted by atomic mass is 16.6. The lowest BCUT2D eigenvalue weighted by Crippen LogP contribution is -2.54. The van der Waals surface area contributed by atoms with E-state index in [1.54, 1.807) is 6.08 Å². The minimum atomic E-state index is -0.441. The van der Waals surface area contributed by atoms with Crippen molar-refractivity contribution in [2.45, 2.75) is 76.9 Å². The molecule has 0 aromatic heterocycles. The van der Waals surface area contributed by atoms with E-state index in [2.05, 4.69) is 19.9 Å². The molecule has 1 N–H and O–H groups in total. The number of aliphatic hydroxyl groups excluding tert-OH is 1. The molecular weight excluding hydrogens is 328 g/mol. The molecule has 4 heteroatoms. The van der Waals surface area contributed by atoms with Gasteiger partial charge in [-0.1, -0.05) is 31.1 Å². The summed E-state index contributed by atoms with van der Waals surface area (Å²) < 4.78 is 5.94. The van der Waals surface area contributed by atoms with Gasteiger partial charge in [0.05, 0.1) is 6.10 Å². The molecule has 3 fully saturated rings. The number of hydrogen-bond acceptors (Lipinski definition) is 4. The van der Waals surface area contributed by atoms with Gasteiger partial charge in [0.1, 0.15) is 5.60 Å². The molecule has 6 atom stereocenters. The van der Waals surface area contributed by atoms with Gasteiger partial charge in [-0.2, -0.15) is 0 Å². The molecule has 1 saturated heterocycles. The molecule has 0 bridgehead atoms. The van der Waals surface area contributed by atoms with Crippen LogP contribution in [0.4, 0.5) is 0 Å². The summed E-state index contributed by atoms with van der Waals surface area (Å²) in [7, 11) is 0. The molecule has 0 radical (unpaired) electrons. The summed E-state index contributed by atoms with van der Waals surface area (Å²) in [5.74, 6) is 0.609. The maximum Gasteiger partial charge on any atom is 0.306 e. The van der Waals surface area contributed by atoms with Gasteiger partial charge in [-0.25, -0.2) is 0 Å². The topological polar surface area (TPSA) is 63.6 Å². The molecule has 0 amide bonds. The van der Waals surface area contributed by atoms with Crippen LogP contribution in [0.3, 0.4) is 0 Å². The van der Waals surface area contributed by atoms with Gasteiger partial charge < -0.3 is 9.84 Å². The van der Waals surface area contributed by atoms with E-state index in [1.807, 2.05) is 0 Å². The van der Waals surface area contributed by atoms with Gasteiger partial charge in [-0.3, -0.25) is 9.59 Å². The first-order valence-corrected chi connectivity index (χ1v) is 10.1. The van der Waals surface area contributed by atoms with Gasteiger partial charge in [-0.05, 0) is 50.5 Å². The van der Waals surface area contributed by atoms with Gasteiger partial charge >= 0.3 is 5.97 Å². The molecule has 1 heterocycles. The van der Waals surface area contributed by atoms with E-state index in [9.17, 15) is 14.7 Å². The third-order valence-electron chi connectivity index (χ3n) is 8.70. The van der Waals surface area contributed by atoms with E-state index >= 15 is 0 Å². The highest BCUT2D eigenvalue weighted by molar-refractivity contribution is 5.92. The monoisotopic (exact) mass is 356 g/mol. The van der Waals surface area contributed by atoms with Crippen molar-refractivity contribution < 1.29 is 19.4 Å². The Bertz CT molecular complexity index is 764. The Hall–Kier alpha value is -1.42. The first kappa shape index (κ1) is 16.7. The zero-order valence-corrected chi connectivity index (χ0v) is 15.7. The lowest BCUT2D eigenvalue weighted by molar-refractivity contribution is -0.161. The fourth-order valence-electron chi connectivity index (χ4n) is 7.12. The van der Waals surface area contributed by atoms with E-state index in [0.717, 1.165) is 37.7 Å². The average Bonchev–Trinajstić information content (AvgIpc) is 3.11. The first-order valence-electron chi connectivity index (χ1n) is 10.1. The SMILES string of the molecule is CC12CCC(=O)C=C1C[C@@H](O)C1C2=CCC2(C)C1CC[C@@]21CCC(=O)O1. The molecule has 5 aliphatic rings. The zero-order chi connectivity index (χ0) is 18.3. The van der Waals surface area contributed by atoms with Crippen LogP contribution in [0.5, 0.6) is 0 Å². The van der Waals surface area contributed by atoms with Crippen molar-refractivity contribution in [2.24, 2.45) is 22.7 Å². The predicted octanol–water partition coefficient (Wildman–Crippen LogP) is 3.49. The number of hydrogen-bond donors (Lipinski definition) is 1. The number of ether oxygens (including phenoxy) is 1. The highest BCUT2D eigenvalue weighted by Crippen LogP contribution is 2.67. The predicted molar refractivity (Wildman–Crippen MR) is 96.1 cm³/mol. The molecule has 0 aromatic rings. The summed E-state index contributed by atoms with van der Waals surface area (Å²) >= 11 is 0. The van der Waals surface area contributed by atoms with Crippen LogP contribution in [0.2, 0.25) is 0 Å². The lowest BCUT2D eigenvalue weighted by atomic mass is 9.50. The second-order valence-electron chi connectivity index (χ2n) is 9.66. The Kier molecular flexibility index (Phi) is 3.28. The Morgan fingerprint density at radius 3 is 2.69 bits per heavy atom. The van der Waals surface area contributed by atoms with Crippen LogP contribution >= 0.6 is 0 Å². The van der Waals surface area contributed by atoms with Crippen molar-refractivity contribution in [3.8, 4) is 0 Å². The van der Waals surface area contributed by atoms with Crippen molar-refractivity contribution in [2.75, 3.05) is 0 Å². The smallest absolute Gasteiger partial charge is 0.306 e. The van der Waals surface area contributed by atoms with Crippen LogP contribution in [-0.2, 0) is 14.3 Å². The van der Waals surface area contributed by atoms with Gasteiger partial charge in [0.15, 0.2) is 5.78 Å². The van der Waals surface area contributed by atoms with Gasteiger partial charge in [-0.15, -0.1) is 0 Å². The average molecular weight is 356 g/mol. The van der Waals surface area contributed by atoms with Crippen LogP contribution in [-0.4, -0.2) is 28.6 Å². The van der Waals surface area contributed by atoms with E-state index in [-0.39, 0.29) is 34.1 Å². The van der Waals surface area contributed by atoms with E-state index in [1.165, 1.54) is 5.57 Å². The second-order valence-corrected chi connectivity index (χ2v) is 9.66. The minimum absolute atomic E-state index is 0.0613. The second kappa shape index (κ2) is 5.09. The van der Waals surface area contributed by atoms with Crippen molar-refractivity contribution in [1.82, 2.24) is 0 Å². The largest absolute Gasteiger partial charge is 0.458 e. The molecule has 140 valence electrons. The third kappa shape index (κ3) is 1.89. The van der Waals surface area contributed by atoms with Crippen LogP contribution in [0.1, 0.15) is 65.2 Å². The van der Waals surface area contributed by atoms with Crippen molar-refractivity contribution in [3.63, 3.8) is 0 Å². The van der Waals surface area contributed by atoms with Gasteiger partial charge in [0.25, 0.3) is 0 Å². The Morgan fingerprint density at radius 2 is 1.96 bits per heavy atom. The van der Waals surface area contributed by atoms with Crippen LogP contribution in [0, 0.1) is 22.7 Å². The van der Waals surface area contributed by atoms with Crippen molar-refractivity contribution >= 4 is 11.8 Å². The molecule has 4 unspecified atom stereocenters. The number of esters is 1. The molecule has 4 nitrogen and oxygen atoms in total. The van der Waals surface area contributed by atoms with Crippen LogP contribution in [0.15, 0.2) is 23.3 Å². The Labute approximate surface area is 154 Å². The maximum absolute atomic E-state index is 11.9. The highest BCUT2D eigenvalue weighted by Gasteiger charge is 2.66. The molecular formula is C22H28O4. The zero-order valence-electron chi connectivity index (χ0n) is 15.7. The van der Waals surface area contributed by atoms with Gasteiger partial charge in [0.2, 0.25) is 0 Å². The van der Waals surface area contributed by atoms with E-state index in [4.69, 9.17) is 4.74 Å². The molecule has 2 saturated carbocycles. The van der Waals surface area contributed by atoms with Gasteiger partial charge in [0, 0.05) is 29.6 Å². The third-order valence-corrected chi connectivity index (χ3v) is 8.70. The number of aliphatic hydroxyl groups is 1. The summed E-state index contributed by atoms with van der Waals surface area (Å²) in [5, 5.41) is 11.1. The summed E-state index contributed by atoms with van der Waals surface area (Å²) in [5.41, 5.74) is 1.96. The maximum atomic E-state index is 11.9. The molecule has 26 heavy (non-hydrogen) atoms. The number of rotatable bonds is 0. The number of allylic oxidation sites excluding steroid dienone is 2. The number of fused-ring (bicyclic) bond motifs is 6. The fraction of sp³-hybridized carbons (Fsp3) is 0.727. The minimum Gasteiger partial charge on any atom is -0.458 e. The summed E-state index contributed by atoms with van der Waals surface area (Å²) in [6.07, 6.45) is 9.94.